The van der Waals surface area contributed by atoms with E-state index in [1.165, 1.54) is 5.56 Å². The number of nitrogens with zero attached hydrogens (tertiary/aromatic N) is 3. The lowest BCUT2D eigenvalue weighted by molar-refractivity contribution is 0.753. The molecular weight excluding hydrogens is 298 g/mol. The molecule has 0 spiro atoms. The summed E-state index contributed by atoms with van der Waals surface area (Å²) in [6.45, 7) is 2.21. The number of aromatic nitrogens is 2. The van der Waals surface area contributed by atoms with E-state index >= 15 is 0 Å². The van der Waals surface area contributed by atoms with Crippen LogP contribution in [0.15, 0.2) is 53.3 Å². The van der Waals surface area contributed by atoms with Gasteiger partial charge in [-0.3, -0.25) is 9.36 Å². The Morgan fingerprint density at radius 1 is 1.09 bits per heavy atom. The molecule has 4 rings (SSSR count). The summed E-state index contributed by atoms with van der Waals surface area (Å²) in [4.78, 5) is 19.4. The van der Waals surface area contributed by atoms with Crippen LogP contribution < -0.4 is 10.5 Å². The Labute approximate surface area is 132 Å². The molecule has 0 N–H and O–H groups in total. The highest BCUT2D eigenvalue weighted by Crippen LogP contribution is 2.23. The van der Waals surface area contributed by atoms with Gasteiger partial charge in [0.2, 0.25) is 5.95 Å². The van der Waals surface area contributed by atoms with Crippen molar-refractivity contribution in [3.8, 4) is 0 Å². The number of hydrogen-bond acceptors (Lipinski definition) is 3. The largest absolute Gasteiger partial charge is 0.336 e. The van der Waals surface area contributed by atoms with Crippen molar-refractivity contribution in [3.05, 3.63) is 69.5 Å². The molecule has 0 bridgehead atoms. The molecule has 4 nitrogen and oxygen atoms in total. The number of rotatable bonds is 2. The minimum absolute atomic E-state index is 0.0157. The molecule has 0 saturated carbocycles. The van der Waals surface area contributed by atoms with E-state index in [4.69, 9.17) is 11.6 Å². The van der Waals surface area contributed by atoms with Gasteiger partial charge in [-0.15, -0.1) is 0 Å². The molecule has 0 fully saturated rings. The Hall–Kier alpha value is -2.33. The summed E-state index contributed by atoms with van der Waals surface area (Å²) < 4.78 is 1.74. The molecule has 0 saturated heterocycles. The predicted molar refractivity (Wildman–Crippen MR) is 88.5 cm³/mol. The molecule has 1 aromatic heterocycles. The first kappa shape index (κ1) is 13.3. The highest BCUT2D eigenvalue weighted by molar-refractivity contribution is 6.31. The quantitative estimate of drug-likeness (QED) is 0.730. The first-order chi connectivity index (χ1) is 10.7. The maximum atomic E-state index is 12.6. The van der Waals surface area contributed by atoms with E-state index in [2.05, 4.69) is 22.0 Å². The molecule has 1 aliphatic rings. The summed E-state index contributed by atoms with van der Waals surface area (Å²) in [5.41, 5.74) is 1.89. The molecule has 2 heterocycles. The minimum Gasteiger partial charge on any atom is -0.336 e. The fourth-order valence-corrected chi connectivity index (χ4v) is 3.07. The monoisotopic (exact) mass is 311 g/mol. The van der Waals surface area contributed by atoms with Crippen molar-refractivity contribution < 1.29 is 0 Å². The van der Waals surface area contributed by atoms with Crippen molar-refractivity contribution >= 4 is 28.5 Å². The lowest BCUT2D eigenvalue weighted by Gasteiger charge is -2.17. The van der Waals surface area contributed by atoms with Gasteiger partial charge >= 0.3 is 0 Å². The van der Waals surface area contributed by atoms with Gasteiger partial charge in [-0.2, -0.15) is 0 Å². The molecule has 0 radical (unpaired) electrons. The second kappa shape index (κ2) is 5.14. The molecule has 0 amide bonds. The van der Waals surface area contributed by atoms with Gasteiger partial charge in [0, 0.05) is 24.7 Å². The van der Waals surface area contributed by atoms with Crippen LogP contribution in [0.3, 0.4) is 0 Å². The van der Waals surface area contributed by atoms with Gasteiger partial charge in [0.1, 0.15) is 0 Å². The fraction of sp³-hybridized carbons (Fsp3) is 0.176. The highest BCUT2D eigenvalue weighted by Gasteiger charge is 2.23. The Morgan fingerprint density at radius 2 is 1.91 bits per heavy atom. The zero-order valence-corrected chi connectivity index (χ0v) is 12.6. The number of hydrogen-bond donors (Lipinski definition) is 0. The number of halogens is 1. The van der Waals surface area contributed by atoms with E-state index in [9.17, 15) is 4.79 Å². The zero-order valence-electron chi connectivity index (χ0n) is 11.9. The summed E-state index contributed by atoms with van der Waals surface area (Å²) in [7, 11) is 0. The maximum absolute atomic E-state index is 12.6. The van der Waals surface area contributed by atoms with E-state index in [1.807, 2.05) is 18.2 Å². The van der Waals surface area contributed by atoms with Crippen molar-refractivity contribution in [1.29, 1.82) is 0 Å². The summed E-state index contributed by atoms with van der Waals surface area (Å²) in [6.07, 6.45) is 0. The highest BCUT2D eigenvalue weighted by atomic mass is 35.5. The summed E-state index contributed by atoms with van der Waals surface area (Å²) >= 11 is 5.99. The molecule has 5 heteroatoms. The second-order valence-corrected chi connectivity index (χ2v) is 5.87. The Morgan fingerprint density at radius 3 is 2.73 bits per heavy atom. The molecule has 3 aromatic rings. The van der Waals surface area contributed by atoms with Crippen molar-refractivity contribution in [3.63, 3.8) is 0 Å². The van der Waals surface area contributed by atoms with E-state index in [1.54, 1.807) is 22.8 Å². The third kappa shape index (κ3) is 2.16. The zero-order chi connectivity index (χ0) is 15.1. The molecule has 0 unspecified atom stereocenters. The normalized spacial score (nSPS) is 13.6. The summed E-state index contributed by atoms with van der Waals surface area (Å²) in [5, 5.41) is 1.14. The summed E-state index contributed by atoms with van der Waals surface area (Å²) in [6, 6.07) is 15.5. The van der Waals surface area contributed by atoms with Crippen LogP contribution in [0.2, 0.25) is 5.02 Å². The minimum atomic E-state index is -0.0157. The van der Waals surface area contributed by atoms with E-state index < -0.39 is 0 Å². The van der Waals surface area contributed by atoms with E-state index in [-0.39, 0.29) is 5.56 Å². The smallest absolute Gasteiger partial charge is 0.262 e. The number of fused-ring (bicyclic) bond motifs is 2. The van der Waals surface area contributed by atoms with Gasteiger partial charge in [-0.05, 0) is 23.8 Å². The first-order valence-electron chi connectivity index (χ1n) is 7.21. The molecule has 2 aromatic carbocycles. The van der Waals surface area contributed by atoms with Crippen LogP contribution in [0, 0.1) is 0 Å². The van der Waals surface area contributed by atoms with Crippen molar-refractivity contribution in [2.45, 2.75) is 13.1 Å². The number of anilines is 1. The van der Waals surface area contributed by atoms with Crippen LogP contribution in [-0.2, 0) is 13.1 Å². The van der Waals surface area contributed by atoms with E-state index in [0.717, 1.165) is 19.0 Å². The van der Waals surface area contributed by atoms with Crippen LogP contribution in [0.4, 0.5) is 5.95 Å². The summed E-state index contributed by atoms with van der Waals surface area (Å²) in [5.74, 6) is 0.740. The Bertz CT molecular complexity index is 905. The second-order valence-electron chi connectivity index (χ2n) is 5.44. The third-order valence-electron chi connectivity index (χ3n) is 3.99. The van der Waals surface area contributed by atoms with Gasteiger partial charge in [-0.25, -0.2) is 4.98 Å². The molecule has 0 aliphatic carbocycles. The average Bonchev–Trinajstić information content (AvgIpc) is 2.93. The standard InChI is InChI=1S/C17H14ClN3O/c18-13-6-7-15-14(10-13)16(22)21-9-8-20(17(21)19-15)11-12-4-2-1-3-5-12/h1-7,10H,8-9,11H2. The molecule has 22 heavy (non-hydrogen) atoms. The van der Waals surface area contributed by atoms with Crippen LogP contribution in [0.5, 0.6) is 0 Å². The molecule has 0 atom stereocenters. The molecule has 1 aliphatic heterocycles. The Balaban J connectivity index is 1.80. The van der Waals surface area contributed by atoms with Crippen molar-refractivity contribution in [2.75, 3.05) is 11.4 Å². The third-order valence-corrected chi connectivity index (χ3v) is 4.22. The van der Waals surface area contributed by atoms with Gasteiger partial charge in [0.05, 0.1) is 10.9 Å². The predicted octanol–water partition coefficient (Wildman–Crippen LogP) is 3.07. The van der Waals surface area contributed by atoms with Gasteiger partial charge in [0.25, 0.3) is 5.56 Å². The first-order valence-corrected chi connectivity index (χ1v) is 7.59. The fourth-order valence-electron chi connectivity index (χ4n) is 2.90. The van der Waals surface area contributed by atoms with Crippen molar-refractivity contribution in [2.24, 2.45) is 0 Å². The topological polar surface area (TPSA) is 38.1 Å². The SMILES string of the molecule is O=c1c2cc(Cl)ccc2nc2n1CCN2Cc1ccccc1. The van der Waals surface area contributed by atoms with Gasteiger partial charge in [-0.1, -0.05) is 41.9 Å². The lowest BCUT2D eigenvalue weighted by Crippen LogP contribution is -2.22. The number of benzene rings is 2. The molecular formula is C17H14ClN3O. The maximum Gasteiger partial charge on any atom is 0.262 e. The van der Waals surface area contributed by atoms with Gasteiger partial charge < -0.3 is 4.90 Å². The molecule has 110 valence electrons. The van der Waals surface area contributed by atoms with Crippen LogP contribution in [-0.4, -0.2) is 16.1 Å². The van der Waals surface area contributed by atoms with Crippen LogP contribution >= 0.6 is 11.6 Å². The van der Waals surface area contributed by atoms with Crippen LogP contribution in [0.1, 0.15) is 5.56 Å². The lowest BCUT2D eigenvalue weighted by atomic mass is 10.2. The van der Waals surface area contributed by atoms with Crippen molar-refractivity contribution in [1.82, 2.24) is 9.55 Å². The average molecular weight is 312 g/mol. The Kier molecular flexibility index (Phi) is 3.12. The van der Waals surface area contributed by atoms with Gasteiger partial charge in [0.15, 0.2) is 0 Å². The van der Waals surface area contributed by atoms with E-state index in [0.29, 0.717) is 22.5 Å². The van der Waals surface area contributed by atoms with Crippen LogP contribution in [0.25, 0.3) is 10.9 Å².